The summed E-state index contributed by atoms with van der Waals surface area (Å²) in [5, 5.41) is 3.83. The van der Waals surface area contributed by atoms with Crippen LogP contribution >= 0.6 is 11.3 Å². The SMILES string of the molecule is CNCCN(C)C(=O)c1sc(-c2ccc(OC)c(OC)c2)nc1C. The van der Waals surface area contributed by atoms with Crippen LogP contribution in [0.25, 0.3) is 10.6 Å². The molecule has 0 aliphatic carbocycles. The zero-order chi connectivity index (χ0) is 17.7. The van der Waals surface area contributed by atoms with Crippen LogP contribution in [-0.2, 0) is 0 Å². The molecule has 1 heterocycles. The van der Waals surface area contributed by atoms with E-state index in [1.807, 2.05) is 32.2 Å². The number of nitrogens with one attached hydrogen (secondary N) is 1. The summed E-state index contributed by atoms with van der Waals surface area (Å²) in [6, 6.07) is 5.63. The molecule has 1 N–H and O–H groups in total. The predicted molar refractivity (Wildman–Crippen MR) is 96.3 cm³/mol. The Kier molecular flexibility index (Phi) is 6.16. The highest BCUT2D eigenvalue weighted by molar-refractivity contribution is 7.17. The van der Waals surface area contributed by atoms with Crippen molar-refractivity contribution in [2.45, 2.75) is 6.92 Å². The molecule has 0 aliphatic rings. The number of likely N-dealkylation sites (N-methyl/N-ethyl adjacent to an activating group) is 2. The first kappa shape index (κ1) is 18.2. The van der Waals surface area contributed by atoms with Gasteiger partial charge in [0.15, 0.2) is 11.5 Å². The standard InChI is InChI=1S/C17H23N3O3S/c1-11-15(17(21)20(3)9-8-18-2)24-16(19-11)12-6-7-13(22-4)14(10-12)23-5/h6-7,10,18H,8-9H2,1-5H3. The first-order valence-electron chi connectivity index (χ1n) is 7.61. The van der Waals surface area contributed by atoms with Crippen LogP contribution in [-0.4, -0.2) is 57.2 Å². The van der Waals surface area contributed by atoms with E-state index in [4.69, 9.17) is 9.47 Å². The van der Waals surface area contributed by atoms with Gasteiger partial charge in [-0.1, -0.05) is 0 Å². The molecule has 0 atom stereocenters. The molecule has 0 aliphatic heterocycles. The number of carbonyl (C=O) groups is 1. The molecule has 6 nitrogen and oxygen atoms in total. The van der Waals surface area contributed by atoms with E-state index in [0.717, 1.165) is 22.8 Å². The largest absolute Gasteiger partial charge is 0.493 e. The van der Waals surface area contributed by atoms with Crippen molar-refractivity contribution in [2.24, 2.45) is 0 Å². The third-order valence-electron chi connectivity index (χ3n) is 3.67. The Morgan fingerprint density at radius 2 is 2.00 bits per heavy atom. The molecule has 2 aromatic rings. The Bertz CT molecular complexity index is 715. The van der Waals surface area contributed by atoms with E-state index in [1.165, 1.54) is 11.3 Å². The highest BCUT2D eigenvalue weighted by Crippen LogP contribution is 2.35. The Balaban J connectivity index is 2.30. The van der Waals surface area contributed by atoms with Crippen molar-refractivity contribution in [3.8, 4) is 22.1 Å². The van der Waals surface area contributed by atoms with Gasteiger partial charge in [0.25, 0.3) is 5.91 Å². The smallest absolute Gasteiger partial charge is 0.265 e. The van der Waals surface area contributed by atoms with Crippen molar-refractivity contribution < 1.29 is 14.3 Å². The van der Waals surface area contributed by atoms with Gasteiger partial charge in [0, 0.05) is 25.7 Å². The van der Waals surface area contributed by atoms with Gasteiger partial charge in [-0.05, 0) is 32.2 Å². The van der Waals surface area contributed by atoms with Crippen molar-refractivity contribution in [3.63, 3.8) is 0 Å². The van der Waals surface area contributed by atoms with Crippen molar-refractivity contribution >= 4 is 17.2 Å². The van der Waals surface area contributed by atoms with Crippen LogP contribution in [0.1, 0.15) is 15.4 Å². The van der Waals surface area contributed by atoms with Gasteiger partial charge < -0.3 is 19.7 Å². The zero-order valence-corrected chi connectivity index (χ0v) is 15.5. The minimum atomic E-state index is -0.00743. The number of methoxy groups -OCH3 is 2. The van der Waals surface area contributed by atoms with Crippen molar-refractivity contribution in [1.82, 2.24) is 15.2 Å². The molecule has 0 bridgehead atoms. The maximum absolute atomic E-state index is 12.6. The minimum Gasteiger partial charge on any atom is -0.493 e. The number of ether oxygens (including phenoxy) is 2. The molecular weight excluding hydrogens is 326 g/mol. The normalized spacial score (nSPS) is 10.5. The molecule has 0 unspecified atom stereocenters. The van der Waals surface area contributed by atoms with Gasteiger partial charge in [0.05, 0.1) is 19.9 Å². The molecule has 0 fully saturated rings. The third kappa shape index (κ3) is 3.85. The highest BCUT2D eigenvalue weighted by Gasteiger charge is 2.20. The number of benzene rings is 1. The fourth-order valence-corrected chi connectivity index (χ4v) is 3.30. The summed E-state index contributed by atoms with van der Waals surface area (Å²) in [5.41, 5.74) is 1.64. The first-order valence-corrected chi connectivity index (χ1v) is 8.43. The summed E-state index contributed by atoms with van der Waals surface area (Å²) in [6.07, 6.45) is 0. The number of thiazole rings is 1. The van der Waals surface area contributed by atoms with Gasteiger partial charge in [0.1, 0.15) is 9.88 Å². The third-order valence-corrected chi connectivity index (χ3v) is 4.86. The van der Waals surface area contributed by atoms with Crippen molar-refractivity contribution in [1.29, 1.82) is 0 Å². The number of amides is 1. The molecule has 7 heteroatoms. The van der Waals surface area contributed by atoms with Crippen LogP contribution in [0.3, 0.4) is 0 Å². The fourth-order valence-electron chi connectivity index (χ4n) is 2.24. The van der Waals surface area contributed by atoms with Crippen LogP contribution in [0.4, 0.5) is 0 Å². The van der Waals surface area contributed by atoms with Gasteiger partial charge >= 0.3 is 0 Å². The summed E-state index contributed by atoms with van der Waals surface area (Å²) >= 11 is 1.40. The summed E-state index contributed by atoms with van der Waals surface area (Å²) in [5.74, 6) is 1.30. The second kappa shape index (κ2) is 8.12. The Morgan fingerprint density at radius 1 is 1.29 bits per heavy atom. The van der Waals surface area contributed by atoms with Crippen LogP contribution in [0.2, 0.25) is 0 Å². The number of hydrogen-bond donors (Lipinski definition) is 1. The van der Waals surface area contributed by atoms with Gasteiger partial charge in [0.2, 0.25) is 0 Å². The lowest BCUT2D eigenvalue weighted by atomic mass is 10.2. The lowest BCUT2D eigenvalue weighted by molar-refractivity contribution is 0.0800. The van der Waals surface area contributed by atoms with Gasteiger partial charge in [-0.15, -0.1) is 11.3 Å². The lowest BCUT2D eigenvalue weighted by Crippen LogP contribution is -2.32. The van der Waals surface area contributed by atoms with E-state index in [0.29, 0.717) is 22.9 Å². The molecule has 2 rings (SSSR count). The average Bonchev–Trinajstić information content (AvgIpc) is 2.99. The lowest BCUT2D eigenvalue weighted by Gasteiger charge is -2.15. The van der Waals surface area contributed by atoms with E-state index in [2.05, 4.69) is 10.3 Å². The molecule has 24 heavy (non-hydrogen) atoms. The Hall–Kier alpha value is -2.12. The summed E-state index contributed by atoms with van der Waals surface area (Å²) in [4.78, 5) is 19.5. The first-order chi connectivity index (χ1) is 11.5. The zero-order valence-electron chi connectivity index (χ0n) is 14.7. The minimum absolute atomic E-state index is 0.00743. The van der Waals surface area contributed by atoms with Crippen LogP contribution in [0.5, 0.6) is 11.5 Å². The maximum Gasteiger partial charge on any atom is 0.265 e. The van der Waals surface area contributed by atoms with Gasteiger partial charge in [-0.2, -0.15) is 0 Å². The second-order valence-corrected chi connectivity index (χ2v) is 6.33. The summed E-state index contributed by atoms with van der Waals surface area (Å²) < 4.78 is 10.6. The fraction of sp³-hybridized carbons (Fsp3) is 0.412. The van der Waals surface area contributed by atoms with Gasteiger partial charge in [-0.25, -0.2) is 4.98 Å². The van der Waals surface area contributed by atoms with E-state index >= 15 is 0 Å². The number of nitrogens with zero attached hydrogens (tertiary/aromatic N) is 2. The van der Waals surface area contributed by atoms with Crippen LogP contribution < -0.4 is 14.8 Å². The van der Waals surface area contributed by atoms with Gasteiger partial charge in [-0.3, -0.25) is 4.79 Å². The molecular formula is C17H23N3O3S. The topological polar surface area (TPSA) is 63.7 Å². The monoisotopic (exact) mass is 349 g/mol. The number of rotatable bonds is 7. The molecule has 0 saturated carbocycles. The Labute approximate surface area is 146 Å². The van der Waals surface area contributed by atoms with E-state index < -0.39 is 0 Å². The molecule has 0 saturated heterocycles. The number of aryl methyl sites for hydroxylation is 1. The quantitative estimate of drug-likeness (QED) is 0.832. The van der Waals surface area contributed by atoms with Crippen molar-refractivity contribution in [3.05, 3.63) is 28.8 Å². The Morgan fingerprint density at radius 3 is 2.62 bits per heavy atom. The van der Waals surface area contributed by atoms with E-state index in [-0.39, 0.29) is 5.91 Å². The highest BCUT2D eigenvalue weighted by atomic mass is 32.1. The summed E-state index contributed by atoms with van der Waals surface area (Å²) in [6.45, 7) is 3.26. The average molecular weight is 349 g/mol. The molecule has 1 aromatic carbocycles. The molecule has 0 spiro atoms. The number of aromatic nitrogens is 1. The second-order valence-electron chi connectivity index (χ2n) is 5.33. The van der Waals surface area contributed by atoms with Crippen molar-refractivity contribution in [2.75, 3.05) is 41.4 Å². The molecule has 1 amide bonds. The van der Waals surface area contributed by atoms with E-state index in [9.17, 15) is 4.79 Å². The number of hydrogen-bond acceptors (Lipinski definition) is 6. The molecule has 1 aromatic heterocycles. The number of carbonyl (C=O) groups excluding carboxylic acids is 1. The maximum atomic E-state index is 12.6. The molecule has 0 radical (unpaired) electrons. The summed E-state index contributed by atoms with van der Waals surface area (Å²) in [7, 11) is 6.86. The van der Waals surface area contributed by atoms with E-state index in [1.54, 1.807) is 26.2 Å². The van der Waals surface area contributed by atoms with Crippen LogP contribution in [0.15, 0.2) is 18.2 Å². The molecule has 130 valence electrons. The predicted octanol–water partition coefficient (Wildman–Crippen LogP) is 2.43. The van der Waals surface area contributed by atoms with Crippen LogP contribution in [0, 0.1) is 6.92 Å².